The topological polar surface area (TPSA) is 78.4 Å². The van der Waals surface area contributed by atoms with E-state index in [9.17, 15) is 19.1 Å². The monoisotopic (exact) mass is 296 g/mol. The standard InChI is InChI=1S/C15H21FN2O3/c1-3-15(21,4-2)10-18-13(19)9-17-14(20)11-6-5-7-12(16)8-11/h5-8,21H,3-4,9-10H2,1-2H3,(H,17,20)(H,18,19). The molecule has 0 saturated heterocycles. The van der Waals surface area contributed by atoms with E-state index >= 15 is 0 Å². The molecule has 0 unspecified atom stereocenters. The molecule has 5 nitrogen and oxygen atoms in total. The maximum atomic E-state index is 13.0. The summed E-state index contributed by atoms with van der Waals surface area (Å²) in [6.07, 6.45) is 1.05. The van der Waals surface area contributed by atoms with Crippen LogP contribution in [0.1, 0.15) is 37.0 Å². The molecule has 21 heavy (non-hydrogen) atoms. The van der Waals surface area contributed by atoms with Crippen molar-refractivity contribution < 1.29 is 19.1 Å². The third kappa shape index (κ3) is 5.51. The van der Waals surface area contributed by atoms with E-state index in [0.717, 1.165) is 6.07 Å². The van der Waals surface area contributed by atoms with Gasteiger partial charge in [-0.3, -0.25) is 9.59 Å². The maximum Gasteiger partial charge on any atom is 0.251 e. The summed E-state index contributed by atoms with van der Waals surface area (Å²) in [6.45, 7) is 3.58. The average molecular weight is 296 g/mol. The molecule has 0 fully saturated rings. The number of halogens is 1. The molecule has 0 spiro atoms. The Hall–Kier alpha value is -1.95. The quantitative estimate of drug-likeness (QED) is 0.708. The first-order valence-corrected chi connectivity index (χ1v) is 6.93. The van der Waals surface area contributed by atoms with E-state index < -0.39 is 23.2 Å². The zero-order valence-electron chi connectivity index (χ0n) is 12.3. The molecule has 0 radical (unpaired) electrons. The van der Waals surface area contributed by atoms with Crippen LogP contribution >= 0.6 is 0 Å². The second-order valence-electron chi connectivity index (χ2n) is 4.90. The highest BCUT2D eigenvalue weighted by Gasteiger charge is 2.22. The van der Waals surface area contributed by atoms with Crippen molar-refractivity contribution in [1.29, 1.82) is 0 Å². The predicted molar refractivity (Wildman–Crippen MR) is 77.3 cm³/mol. The first-order valence-electron chi connectivity index (χ1n) is 6.93. The summed E-state index contributed by atoms with van der Waals surface area (Å²) >= 11 is 0. The summed E-state index contributed by atoms with van der Waals surface area (Å²) in [7, 11) is 0. The molecule has 0 aliphatic carbocycles. The van der Waals surface area contributed by atoms with E-state index in [4.69, 9.17) is 0 Å². The second-order valence-corrected chi connectivity index (χ2v) is 4.90. The number of carbonyl (C=O) groups is 2. The molecule has 0 atom stereocenters. The Labute approximate surface area is 123 Å². The van der Waals surface area contributed by atoms with E-state index in [-0.39, 0.29) is 18.7 Å². The van der Waals surface area contributed by atoms with Crippen LogP contribution in [0.25, 0.3) is 0 Å². The normalized spacial score (nSPS) is 11.0. The summed E-state index contributed by atoms with van der Waals surface area (Å²) < 4.78 is 13.0. The van der Waals surface area contributed by atoms with Gasteiger partial charge in [0.25, 0.3) is 5.91 Å². The zero-order chi connectivity index (χ0) is 15.9. The predicted octanol–water partition coefficient (Wildman–Crippen LogP) is 1.22. The summed E-state index contributed by atoms with van der Waals surface area (Å²) in [5.74, 6) is -1.44. The molecule has 3 N–H and O–H groups in total. The molecule has 0 bridgehead atoms. The van der Waals surface area contributed by atoms with Crippen molar-refractivity contribution in [3.05, 3.63) is 35.6 Å². The summed E-state index contributed by atoms with van der Waals surface area (Å²) in [6, 6.07) is 5.22. The fraction of sp³-hybridized carbons (Fsp3) is 0.467. The SMILES string of the molecule is CCC(O)(CC)CNC(=O)CNC(=O)c1cccc(F)c1. The smallest absolute Gasteiger partial charge is 0.251 e. The van der Waals surface area contributed by atoms with E-state index in [1.807, 2.05) is 13.8 Å². The minimum Gasteiger partial charge on any atom is -0.388 e. The molecule has 6 heteroatoms. The van der Waals surface area contributed by atoms with Gasteiger partial charge < -0.3 is 15.7 Å². The Morgan fingerprint density at radius 2 is 1.90 bits per heavy atom. The zero-order valence-corrected chi connectivity index (χ0v) is 12.3. The van der Waals surface area contributed by atoms with E-state index in [0.29, 0.717) is 12.8 Å². The van der Waals surface area contributed by atoms with E-state index in [2.05, 4.69) is 10.6 Å². The number of hydrogen-bond acceptors (Lipinski definition) is 3. The van der Waals surface area contributed by atoms with Crippen molar-refractivity contribution >= 4 is 11.8 Å². The molecule has 1 aromatic rings. The van der Waals surface area contributed by atoms with Gasteiger partial charge in [0.2, 0.25) is 5.91 Å². The van der Waals surface area contributed by atoms with Gasteiger partial charge >= 0.3 is 0 Å². The van der Waals surface area contributed by atoms with Crippen molar-refractivity contribution in [3.8, 4) is 0 Å². The number of carbonyl (C=O) groups excluding carboxylic acids is 2. The van der Waals surface area contributed by atoms with Crippen LogP contribution in [0.2, 0.25) is 0 Å². The van der Waals surface area contributed by atoms with Crippen LogP contribution in [0.3, 0.4) is 0 Å². The number of aliphatic hydroxyl groups is 1. The summed E-state index contributed by atoms with van der Waals surface area (Å²) in [4.78, 5) is 23.3. The number of amides is 2. The van der Waals surface area contributed by atoms with Crippen LogP contribution in [0.15, 0.2) is 24.3 Å². The lowest BCUT2D eigenvalue weighted by molar-refractivity contribution is -0.121. The highest BCUT2D eigenvalue weighted by Crippen LogP contribution is 2.12. The lowest BCUT2D eigenvalue weighted by Gasteiger charge is -2.25. The highest BCUT2D eigenvalue weighted by molar-refractivity contribution is 5.96. The lowest BCUT2D eigenvalue weighted by Crippen LogP contribution is -2.45. The largest absolute Gasteiger partial charge is 0.388 e. The molecule has 116 valence electrons. The van der Waals surface area contributed by atoms with Crippen LogP contribution in [-0.2, 0) is 4.79 Å². The molecular weight excluding hydrogens is 275 g/mol. The van der Waals surface area contributed by atoms with Crippen LogP contribution in [0.5, 0.6) is 0 Å². The minimum atomic E-state index is -0.928. The third-order valence-corrected chi connectivity index (χ3v) is 3.43. The Bertz CT molecular complexity index is 501. The number of nitrogens with one attached hydrogen (secondary N) is 2. The van der Waals surface area contributed by atoms with Crippen LogP contribution < -0.4 is 10.6 Å². The van der Waals surface area contributed by atoms with Gasteiger partial charge in [-0.15, -0.1) is 0 Å². The van der Waals surface area contributed by atoms with Gasteiger partial charge in [0.1, 0.15) is 5.82 Å². The third-order valence-electron chi connectivity index (χ3n) is 3.43. The van der Waals surface area contributed by atoms with Gasteiger partial charge in [-0.05, 0) is 31.0 Å². The number of rotatable bonds is 7. The van der Waals surface area contributed by atoms with Crippen LogP contribution in [0, 0.1) is 5.82 Å². The molecule has 0 saturated carbocycles. The minimum absolute atomic E-state index is 0.134. The van der Waals surface area contributed by atoms with Crippen LogP contribution in [-0.4, -0.2) is 35.6 Å². The number of hydrogen-bond donors (Lipinski definition) is 3. The molecule has 0 aliphatic heterocycles. The molecule has 0 aliphatic rings. The van der Waals surface area contributed by atoms with Crippen molar-refractivity contribution in [2.75, 3.05) is 13.1 Å². The van der Waals surface area contributed by atoms with Gasteiger partial charge in [0.15, 0.2) is 0 Å². The molecule has 1 aromatic carbocycles. The fourth-order valence-electron chi connectivity index (χ4n) is 1.72. The van der Waals surface area contributed by atoms with Crippen molar-refractivity contribution in [2.24, 2.45) is 0 Å². The highest BCUT2D eigenvalue weighted by atomic mass is 19.1. The second kappa shape index (κ2) is 7.73. The van der Waals surface area contributed by atoms with Crippen LogP contribution in [0.4, 0.5) is 4.39 Å². The molecule has 0 aromatic heterocycles. The Morgan fingerprint density at radius 1 is 1.24 bits per heavy atom. The fourth-order valence-corrected chi connectivity index (χ4v) is 1.72. The molecule has 0 heterocycles. The van der Waals surface area contributed by atoms with Gasteiger partial charge in [-0.25, -0.2) is 4.39 Å². The van der Waals surface area contributed by atoms with Crippen molar-refractivity contribution in [2.45, 2.75) is 32.3 Å². The Kier molecular flexibility index (Phi) is 6.30. The lowest BCUT2D eigenvalue weighted by atomic mass is 9.98. The molecule has 2 amide bonds. The Morgan fingerprint density at radius 3 is 2.48 bits per heavy atom. The average Bonchev–Trinajstić information content (AvgIpc) is 2.50. The van der Waals surface area contributed by atoms with Gasteiger partial charge in [0, 0.05) is 12.1 Å². The van der Waals surface area contributed by atoms with Crippen molar-refractivity contribution in [3.63, 3.8) is 0 Å². The number of benzene rings is 1. The maximum absolute atomic E-state index is 13.0. The van der Waals surface area contributed by atoms with Crippen molar-refractivity contribution in [1.82, 2.24) is 10.6 Å². The van der Waals surface area contributed by atoms with E-state index in [1.165, 1.54) is 18.2 Å². The van der Waals surface area contributed by atoms with Gasteiger partial charge in [-0.2, -0.15) is 0 Å². The summed E-state index contributed by atoms with van der Waals surface area (Å²) in [5.41, 5.74) is -0.774. The first kappa shape index (κ1) is 17.1. The molecular formula is C15H21FN2O3. The first-order chi connectivity index (χ1) is 9.90. The van der Waals surface area contributed by atoms with E-state index in [1.54, 1.807) is 0 Å². The summed E-state index contributed by atoms with van der Waals surface area (Å²) in [5, 5.41) is 15.0. The molecule has 1 rings (SSSR count). The van der Waals surface area contributed by atoms with Gasteiger partial charge in [-0.1, -0.05) is 19.9 Å². The van der Waals surface area contributed by atoms with Gasteiger partial charge in [0.05, 0.1) is 12.1 Å². The Balaban J connectivity index is 2.41.